The summed E-state index contributed by atoms with van der Waals surface area (Å²) in [5.74, 6) is 1.08. The molecule has 2 fully saturated rings. The van der Waals surface area contributed by atoms with Crippen molar-refractivity contribution in [3.8, 4) is 0 Å². The van der Waals surface area contributed by atoms with Crippen molar-refractivity contribution in [2.24, 2.45) is 22.7 Å². The van der Waals surface area contributed by atoms with E-state index in [1.165, 1.54) is 0 Å². The van der Waals surface area contributed by atoms with Gasteiger partial charge in [0, 0.05) is 12.3 Å². The van der Waals surface area contributed by atoms with Gasteiger partial charge in [-0.25, -0.2) is 0 Å². The molecule has 0 radical (unpaired) electrons. The molecule has 96 valence electrons. The van der Waals surface area contributed by atoms with E-state index in [4.69, 9.17) is 0 Å². The van der Waals surface area contributed by atoms with E-state index in [1.54, 1.807) is 0 Å². The maximum atomic E-state index is 12.2. The molecule has 2 saturated carbocycles. The van der Waals surface area contributed by atoms with Gasteiger partial charge in [0.25, 0.3) is 0 Å². The number of ketones is 2. The topological polar surface area (TPSA) is 34.1 Å². The molecule has 2 rings (SSSR count). The van der Waals surface area contributed by atoms with E-state index in [-0.39, 0.29) is 17.5 Å². The summed E-state index contributed by atoms with van der Waals surface area (Å²) in [7, 11) is 0. The Morgan fingerprint density at radius 2 is 1.65 bits per heavy atom. The third-order valence-corrected chi connectivity index (χ3v) is 5.01. The highest BCUT2D eigenvalue weighted by molar-refractivity contribution is 6.14. The molecule has 0 aliphatic heterocycles. The van der Waals surface area contributed by atoms with Crippen LogP contribution in [0.3, 0.4) is 0 Å². The number of Topliss-reactive ketones (excluding diaryl/α,β-unsaturated/α-hetero) is 2. The van der Waals surface area contributed by atoms with E-state index < -0.39 is 5.41 Å². The first-order chi connectivity index (χ1) is 7.77. The van der Waals surface area contributed by atoms with Crippen LogP contribution >= 0.6 is 0 Å². The smallest absolute Gasteiger partial charge is 0.149 e. The standard InChI is InChI=1S/C15H24O2/c1-10-9-12(16)15(13(10)17)7-5-11(6-8-15)14(2,3)4/h10-11H,5-9H2,1-4H3. The van der Waals surface area contributed by atoms with Gasteiger partial charge in [-0.2, -0.15) is 0 Å². The molecule has 2 nitrogen and oxygen atoms in total. The summed E-state index contributed by atoms with van der Waals surface area (Å²) in [6, 6.07) is 0. The Morgan fingerprint density at radius 3 is 2.00 bits per heavy atom. The van der Waals surface area contributed by atoms with E-state index in [0.717, 1.165) is 25.7 Å². The molecule has 0 N–H and O–H groups in total. The quantitative estimate of drug-likeness (QED) is 0.604. The molecule has 1 atom stereocenters. The SMILES string of the molecule is CC1CC(=O)C2(CCC(C(C)(C)C)CC2)C1=O. The summed E-state index contributed by atoms with van der Waals surface area (Å²) < 4.78 is 0. The maximum absolute atomic E-state index is 12.2. The summed E-state index contributed by atoms with van der Waals surface area (Å²) in [5.41, 5.74) is -0.265. The molecule has 0 aromatic rings. The first-order valence-electron chi connectivity index (χ1n) is 6.85. The van der Waals surface area contributed by atoms with E-state index in [1.807, 2.05) is 6.92 Å². The highest BCUT2D eigenvalue weighted by atomic mass is 16.2. The van der Waals surface area contributed by atoms with Crippen LogP contribution < -0.4 is 0 Å². The van der Waals surface area contributed by atoms with E-state index >= 15 is 0 Å². The minimum Gasteiger partial charge on any atom is -0.299 e. The molecule has 0 aromatic carbocycles. The fourth-order valence-corrected chi connectivity index (χ4v) is 3.68. The second-order valence-corrected chi connectivity index (χ2v) is 7.12. The molecule has 17 heavy (non-hydrogen) atoms. The zero-order valence-electron chi connectivity index (χ0n) is 11.5. The molecule has 2 aliphatic rings. The zero-order valence-corrected chi connectivity index (χ0v) is 11.5. The number of hydrogen-bond donors (Lipinski definition) is 0. The first-order valence-corrected chi connectivity index (χ1v) is 6.85. The van der Waals surface area contributed by atoms with Crippen LogP contribution in [0.5, 0.6) is 0 Å². The maximum Gasteiger partial charge on any atom is 0.149 e. The van der Waals surface area contributed by atoms with Gasteiger partial charge in [0.2, 0.25) is 0 Å². The molecule has 0 saturated heterocycles. The number of hydrogen-bond acceptors (Lipinski definition) is 2. The Kier molecular flexibility index (Phi) is 2.95. The average Bonchev–Trinajstić information content (AvgIpc) is 2.43. The van der Waals surface area contributed by atoms with Crippen molar-refractivity contribution in [1.82, 2.24) is 0 Å². The van der Waals surface area contributed by atoms with Gasteiger partial charge in [-0.1, -0.05) is 27.7 Å². The lowest BCUT2D eigenvalue weighted by Crippen LogP contribution is -2.40. The molecule has 0 aromatic heterocycles. The summed E-state index contributed by atoms with van der Waals surface area (Å²) in [4.78, 5) is 24.3. The minimum absolute atomic E-state index is 0.0336. The minimum atomic E-state index is -0.568. The van der Waals surface area contributed by atoms with Gasteiger partial charge in [0.05, 0.1) is 5.41 Å². The molecule has 1 spiro atoms. The van der Waals surface area contributed by atoms with Gasteiger partial charge >= 0.3 is 0 Å². The predicted octanol–water partition coefficient (Wildman–Crippen LogP) is 3.39. The third-order valence-electron chi connectivity index (χ3n) is 5.01. The van der Waals surface area contributed by atoms with Crippen molar-refractivity contribution in [3.63, 3.8) is 0 Å². The number of rotatable bonds is 0. The molecule has 1 unspecified atom stereocenters. The summed E-state index contributed by atoms with van der Waals surface area (Å²) in [6.07, 6.45) is 4.16. The van der Waals surface area contributed by atoms with Crippen LogP contribution in [-0.4, -0.2) is 11.6 Å². The van der Waals surface area contributed by atoms with Gasteiger partial charge in [-0.05, 0) is 37.0 Å². The molecule has 0 amide bonds. The molecule has 0 heterocycles. The lowest BCUT2D eigenvalue weighted by Gasteiger charge is -2.40. The Bertz CT molecular complexity index is 340. The molecular formula is C15H24O2. The van der Waals surface area contributed by atoms with Gasteiger partial charge in [-0.3, -0.25) is 9.59 Å². The summed E-state index contributed by atoms with van der Waals surface area (Å²) in [5, 5.41) is 0. The van der Waals surface area contributed by atoms with Crippen molar-refractivity contribution in [2.75, 3.05) is 0 Å². The van der Waals surface area contributed by atoms with Crippen LogP contribution in [-0.2, 0) is 9.59 Å². The van der Waals surface area contributed by atoms with Crippen LogP contribution in [0, 0.1) is 22.7 Å². The highest BCUT2D eigenvalue weighted by Crippen LogP contribution is 2.50. The third kappa shape index (κ3) is 1.96. The fourth-order valence-electron chi connectivity index (χ4n) is 3.68. The largest absolute Gasteiger partial charge is 0.299 e. The lowest BCUT2D eigenvalue weighted by atomic mass is 9.62. The highest BCUT2D eigenvalue weighted by Gasteiger charge is 2.54. The van der Waals surface area contributed by atoms with Crippen molar-refractivity contribution in [2.45, 2.75) is 59.8 Å². The van der Waals surface area contributed by atoms with Crippen LogP contribution in [0.15, 0.2) is 0 Å². The van der Waals surface area contributed by atoms with Crippen molar-refractivity contribution in [1.29, 1.82) is 0 Å². The normalized spacial score (nSPS) is 39.1. The van der Waals surface area contributed by atoms with E-state index in [9.17, 15) is 9.59 Å². The Morgan fingerprint density at radius 1 is 1.12 bits per heavy atom. The van der Waals surface area contributed by atoms with Crippen LogP contribution in [0.2, 0.25) is 0 Å². The van der Waals surface area contributed by atoms with E-state index in [2.05, 4.69) is 20.8 Å². The van der Waals surface area contributed by atoms with Gasteiger partial charge in [0.15, 0.2) is 0 Å². The lowest BCUT2D eigenvalue weighted by molar-refractivity contribution is -0.139. The second-order valence-electron chi connectivity index (χ2n) is 7.12. The van der Waals surface area contributed by atoms with Crippen molar-refractivity contribution in [3.05, 3.63) is 0 Å². The van der Waals surface area contributed by atoms with E-state index in [0.29, 0.717) is 17.8 Å². The summed E-state index contributed by atoms with van der Waals surface area (Å²) >= 11 is 0. The molecular weight excluding hydrogens is 212 g/mol. The Labute approximate surface area is 104 Å². The first kappa shape index (κ1) is 12.8. The molecule has 2 heteroatoms. The monoisotopic (exact) mass is 236 g/mol. The van der Waals surface area contributed by atoms with Crippen LogP contribution in [0.25, 0.3) is 0 Å². The Hall–Kier alpha value is -0.660. The second kappa shape index (κ2) is 3.93. The summed E-state index contributed by atoms with van der Waals surface area (Å²) in [6.45, 7) is 8.69. The van der Waals surface area contributed by atoms with Crippen molar-refractivity contribution < 1.29 is 9.59 Å². The number of carbonyl (C=O) groups excluding carboxylic acids is 2. The predicted molar refractivity (Wildman–Crippen MR) is 67.6 cm³/mol. The van der Waals surface area contributed by atoms with Crippen LogP contribution in [0.1, 0.15) is 59.8 Å². The molecule has 2 aliphatic carbocycles. The molecule has 0 bridgehead atoms. The van der Waals surface area contributed by atoms with Crippen LogP contribution in [0.4, 0.5) is 0 Å². The Balaban J connectivity index is 2.13. The number of carbonyl (C=O) groups is 2. The fraction of sp³-hybridized carbons (Fsp3) is 0.867. The van der Waals surface area contributed by atoms with Gasteiger partial charge < -0.3 is 0 Å². The zero-order chi connectivity index (χ0) is 12.8. The van der Waals surface area contributed by atoms with Crippen molar-refractivity contribution >= 4 is 11.6 Å². The average molecular weight is 236 g/mol. The van der Waals surface area contributed by atoms with Gasteiger partial charge in [0.1, 0.15) is 11.6 Å². The van der Waals surface area contributed by atoms with Gasteiger partial charge in [-0.15, -0.1) is 0 Å².